The SMILES string of the molecule is COc1ccc(NC(=O)N2CC(C)C(C(=O)O)C2)c(C)c1. The predicted molar refractivity (Wildman–Crippen MR) is 78.6 cm³/mol. The van der Waals surface area contributed by atoms with Gasteiger partial charge in [0.25, 0.3) is 0 Å². The van der Waals surface area contributed by atoms with Crippen LogP contribution in [0.15, 0.2) is 18.2 Å². The molecule has 2 rings (SSSR count). The van der Waals surface area contributed by atoms with Crippen molar-refractivity contribution in [2.75, 3.05) is 25.5 Å². The molecule has 114 valence electrons. The van der Waals surface area contributed by atoms with Crippen LogP contribution < -0.4 is 10.1 Å². The summed E-state index contributed by atoms with van der Waals surface area (Å²) in [6.45, 7) is 4.44. The van der Waals surface area contributed by atoms with Crippen molar-refractivity contribution in [1.82, 2.24) is 4.90 Å². The van der Waals surface area contributed by atoms with E-state index in [1.807, 2.05) is 19.9 Å². The van der Waals surface area contributed by atoms with Gasteiger partial charge in [-0.3, -0.25) is 4.79 Å². The molecule has 21 heavy (non-hydrogen) atoms. The number of likely N-dealkylation sites (tertiary alicyclic amines) is 1. The van der Waals surface area contributed by atoms with Crippen LogP contribution in [-0.2, 0) is 4.79 Å². The van der Waals surface area contributed by atoms with E-state index in [1.54, 1.807) is 24.1 Å². The van der Waals surface area contributed by atoms with E-state index < -0.39 is 11.9 Å². The maximum atomic E-state index is 12.2. The number of nitrogens with zero attached hydrogens (tertiary/aromatic N) is 1. The fraction of sp³-hybridized carbons (Fsp3) is 0.467. The molecule has 0 spiro atoms. The van der Waals surface area contributed by atoms with Gasteiger partial charge in [0.15, 0.2) is 0 Å². The number of urea groups is 1. The number of rotatable bonds is 3. The summed E-state index contributed by atoms with van der Waals surface area (Å²) in [5.74, 6) is -0.650. The number of hydrogen-bond acceptors (Lipinski definition) is 3. The molecule has 2 unspecified atom stereocenters. The van der Waals surface area contributed by atoms with E-state index >= 15 is 0 Å². The molecule has 0 aromatic heterocycles. The van der Waals surface area contributed by atoms with Crippen molar-refractivity contribution in [2.45, 2.75) is 13.8 Å². The topological polar surface area (TPSA) is 78.9 Å². The Morgan fingerprint density at radius 1 is 1.38 bits per heavy atom. The molecule has 1 aromatic rings. The summed E-state index contributed by atoms with van der Waals surface area (Å²) < 4.78 is 5.12. The monoisotopic (exact) mass is 292 g/mol. The minimum absolute atomic E-state index is 0.0368. The first-order valence-corrected chi connectivity index (χ1v) is 6.85. The molecule has 6 heteroatoms. The van der Waals surface area contributed by atoms with Crippen LogP contribution >= 0.6 is 0 Å². The zero-order valence-electron chi connectivity index (χ0n) is 12.4. The summed E-state index contributed by atoms with van der Waals surface area (Å²) in [5, 5.41) is 11.9. The molecule has 1 fully saturated rings. The molecular formula is C15H20N2O4. The Morgan fingerprint density at radius 3 is 2.62 bits per heavy atom. The number of carboxylic acid groups (broad SMARTS) is 1. The minimum Gasteiger partial charge on any atom is -0.497 e. The highest BCUT2D eigenvalue weighted by Gasteiger charge is 2.37. The molecule has 6 nitrogen and oxygen atoms in total. The Bertz CT molecular complexity index is 559. The Balaban J connectivity index is 2.04. The van der Waals surface area contributed by atoms with Crippen LogP contribution in [0.5, 0.6) is 5.75 Å². The highest BCUT2D eigenvalue weighted by molar-refractivity contribution is 5.91. The number of carbonyl (C=O) groups excluding carboxylic acids is 1. The largest absolute Gasteiger partial charge is 0.497 e. The Labute approximate surface area is 123 Å². The van der Waals surface area contributed by atoms with E-state index in [2.05, 4.69) is 5.32 Å². The zero-order chi connectivity index (χ0) is 15.6. The average Bonchev–Trinajstić information content (AvgIpc) is 2.83. The molecule has 1 aliphatic heterocycles. The van der Waals surface area contributed by atoms with Gasteiger partial charge in [0.1, 0.15) is 5.75 Å². The number of aryl methyl sites for hydroxylation is 1. The molecule has 1 aromatic carbocycles. The second-order valence-electron chi connectivity index (χ2n) is 5.44. The minimum atomic E-state index is -0.849. The van der Waals surface area contributed by atoms with Crippen LogP contribution in [0.2, 0.25) is 0 Å². The lowest BCUT2D eigenvalue weighted by molar-refractivity contribution is -0.142. The van der Waals surface area contributed by atoms with E-state index in [9.17, 15) is 9.59 Å². The Kier molecular flexibility index (Phi) is 4.35. The van der Waals surface area contributed by atoms with Crippen molar-refractivity contribution in [3.8, 4) is 5.75 Å². The fourth-order valence-electron chi connectivity index (χ4n) is 2.55. The summed E-state index contributed by atoms with van der Waals surface area (Å²) in [6, 6.07) is 5.12. The van der Waals surface area contributed by atoms with E-state index in [4.69, 9.17) is 9.84 Å². The van der Waals surface area contributed by atoms with E-state index in [0.717, 1.165) is 11.3 Å². The lowest BCUT2D eigenvalue weighted by atomic mass is 9.99. The van der Waals surface area contributed by atoms with Gasteiger partial charge >= 0.3 is 12.0 Å². The highest BCUT2D eigenvalue weighted by atomic mass is 16.5. The van der Waals surface area contributed by atoms with Gasteiger partial charge in [0.2, 0.25) is 0 Å². The number of methoxy groups -OCH3 is 1. The number of amides is 2. The number of ether oxygens (including phenoxy) is 1. The van der Waals surface area contributed by atoms with Crippen molar-refractivity contribution in [1.29, 1.82) is 0 Å². The lowest BCUT2D eigenvalue weighted by Gasteiger charge is -2.18. The van der Waals surface area contributed by atoms with Crippen LogP contribution in [0, 0.1) is 18.8 Å². The van der Waals surface area contributed by atoms with Crippen LogP contribution in [0.1, 0.15) is 12.5 Å². The maximum absolute atomic E-state index is 12.2. The predicted octanol–water partition coefficient (Wildman–Crippen LogP) is 2.19. The number of benzene rings is 1. The van der Waals surface area contributed by atoms with Crippen molar-refractivity contribution >= 4 is 17.7 Å². The number of carboxylic acids is 1. The molecule has 2 amide bonds. The van der Waals surface area contributed by atoms with Gasteiger partial charge in [-0.05, 0) is 36.6 Å². The first kappa shape index (κ1) is 15.2. The molecule has 2 N–H and O–H groups in total. The second kappa shape index (κ2) is 6.03. The maximum Gasteiger partial charge on any atom is 0.321 e. The van der Waals surface area contributed by atoms with Gasteiger partial charge in [-0.15, -0.1) is 0 Å². The highest BCUT2D eigenvalue weighted by Crippen LogP contribution is 2.25. The molecule has 0 saturated carbocycles. The van der Waals surface area contributed by atoms with E-state index in [0.29, 0.717) is 12.2 Å². The molecule has 1 saturated heterocycles. The summed E-state index contributed by atoms with van der Waals surface area (Å²) in [5.41, 5.74) is 1.59. The van der Waals surface area contributed by atoms with Gasteiger partial charge in [-0.25, -0.2) is 4.79 Å². The summed E-state index contributed by atoms with van der Waals surface area (Å²) in [6.07, 6.45) is 0. The third-order valence-corrected chi connectivity index (χ3v) is 3.89. The van der Waals surface area contributed by atoms with Crippen LogP contribution in [-0.4, -0.2) is 42.2 Å². The van der Waals surface area contributed by atoms with Gasteiger partial charge in [0.05, 0.1) is 13.0 Å². The Morgan fingerprint density at radius 2 is 2.10 bits per heavy atom. The fourth-order valence-corrected chi connectivity index (χ4v) is 2.55. The van der Waals surface area contributed by atoms with E-state index in [-0.39, 0.29) is 18.5 Å². The van der Waals surface area contributed by atoms with Crippen molar-refractivity contribution < 1.29 is 19.4 Å². The molecule has 1 aliphatic rings. The average molecular weight is 292 g/mol. The quantitative estimate of drug-likeness (QED) is 0.895. The number of anilines is 1. The molecule has 2 atom stereocenters. The summed E-state index contributed by atoms with van der Waals surface area (Å²) >= 11 is 0. The molecule has 0 bridgehead atoms. The third kappa shape index (κ3) is 3.26. The zero-order valence-corrected chi connectivity index (χ0v) is 12.4. The van der Waals surface area contributed by atoms with Gasteiger partial charge < -0.3 is 20.1 Å². The number of aliphatic carboxylic acids is 1. The molecule has 1 heterocycles. The lowest BCUT2D eigenvalue weighted by Crippen LogP contribution is -2.34. The first-order chi connectivity index (χ1) is 9.92. The normalized spacial score (nSPS) is 21.2. The van der Waals surface area contributed by atoms with E-state index in [1.165, 1.54) is 0 Å². The van der Waals surface area contributed by atoms with Gasteiger partial charge in [-0.1, -0.05) is 6.92 Å². The van der Waals surface area contributed by atoms with Crippen LogP contribution in [0.4, 0.5) is 10.5 Å². The number of hydrogen-bond donors (Lipinski definition) is 2. The van der Waals surface area contributed by atoms with Crippen molar-refractivity contribution in [3.05, 3.63) is 23.8 Å². The first-order valence-electron chi connectivity index (χ1n) is 6.85. The van der Waals surface area contributed by atoms with Crippen LogP contribution in [0.25, 0.3) is 0 Å². The van der Waals surface area contributed by atoms with Crippen LogP contribution in [0.3, 0.4) is 0 Å². The smallest absolute Gasteiger partial charge is 0.321 e. The Hall–Kier alpha value is -2.24. The van der Waals surface area contributed by atoms with Crippen molar-refractivity contribution in [2.24, 2.45) is 11.8 Å². The third-order valence-electron chi connectivity index (χ3n) is 3.89. The van der Waals surface area contributed by atoms with Gasteiger partial charge in [0, 0.05) is 18.8 Å². The summed E-state index contributed by atoms with van der Waals surface area (Å²) in [4.78, 5) is 24.9. The summed E-state index contributed by atoms with van der Waals surface area (Å²) in [7, 11) is 1.59. The molecular weight excluding hydrogens is 272 g/mol. The molecule has 0 aliphatic carbocycles. The van der Waals surface area contributed by atoms with Crippen molar-refractivity contribution in [3.63, 3.8) is 0 Å². The second-order valence-corrected chi connectivity index (χ2v) is 5.44. The standard InChI is InChI=1S/C15H20N2O4/c1-9-6-11(21-3)4-5-13(9)16-15(20)17-7-10(2)12(8-17)14(18)19/h4-6,10,12H,7-8H2,1-3H3,(H,16,20)(H,18,19). The number of nitrogens with one attached hydrogen (secondary N) is 1. The molecule has 0 radical (unpaired) electrons. The van der Waals surface area contributed by atoms with Gasteiger partial charge in [-0.2, -0.15) is 0 Å². The number of carbonyl (C=O) groups is 2.